The summed E-state index contributed by atoms with van der Waals surface area (Å²) < 4.78 is 40.5. The Bertz CT molecular complexity index is 1810. The number of ether oxygens (including phenoxy) is 1. The molecule has 2 saturated heterocycles. The van der Waals surface area contributed by atoms with Crippen molar-refractivity contribution in [1.29, 1.82) is 0 Å². The Morgan fingerprint density at radius 3 is 2.44 bits per heavy atom. The van der Waals surface area contributed by atoms with Gasteiger partial charge in [0.15, 0.2) is 28.9 Å². The van der Waals surface area contributed by atoms with Crippen molar-refractivity contribution in [2.45, 2.75) is 74.3 Å². The molecule has 6 rings (SSSR count). The summed E-state index contributed by atoms with van der Waals surface area (Å²) in [4.78, 5) is 65.0. The second-order valence-electron chi connectivity index (χ2n) is 12.2. The number of thioether (sulfide) groups is 1. The van der Waals surface area contributed by atoms with Gasteiger partial charge in [0.1, 0.15) is 36.2 Å². The highest BCUT2D eigenvalue weighted by atomic mass is 32.3. The first-order valence-corrected chi connectivity index (χ1v) is 19.4. The molecule has 22 heteroatoms. The van der Waals surface area contributed by atoms with E-state index in [2.05, 4.69) is 15.5 Å². The summed E-state index contributed by atoms with van der Waals surface area (Å²) in [6, 6.07) is 1.88. The number of hydrogen-bond acceptors (Lipinski definition) is 15. The molecule has 6 N–H and O–H groups in total. The monoisotopic (exact) mass is 783 g/mol. The molecule has 19 nitrogen and oxygen atoms in total. The van der Waals surface area contributed by atoms with Gasteiger partial charge in [-0.05, 0) is 38.5 Å². The lowest BCUT2D eigenvalue weighted by Gasteiger charge is -2.49. The van der Waals surface area contributed by atoms with Crippen LogP contribution in [0.2, 0.25) is 0 Å². The van der Waals surface area contributed by atoms with Crippen molar-refractivity contribution in [1.82, 2.24) is 20.1 Å². The number of rotatable bonds is 11. The molecule has 2 aromatic heterocycles. The number of carboxylic acid groups (broad SMARTS) is 1. The first-order valence-electron chi connectivity index (χ1n) is 16.1. The fourth-order valence-electron chi connectivity index (χ4n) is 5.97. The Morgan fingerprint density at radius 2 is 1.85 bits per heavy atom. The molecule has 0 radical (unpaired) electrons. The second-order valence-corrected chi connectivity index (χ2v) is 15.0. The van der Waals surface area contributed by atoms with E-state index in [1.54, 1.807) is 27.2 Å². The fourth-order valence-corrected chi connectivity index (χ4v) is 7.35. The minimum Gasteiger partial charge on any atom is -0.726 e. The number of thiazole rings is 1. The molecule has 2 aromatic rings. The van der Waals surface area contributed by atoms with Crippen molar-refractivity contribution in [3.05, 3.63) is 47.1 Å². The standard InChI is InChI=1S/C30H35N7O8S2.H2O4S/c31-30-32-20(15-47-30)24(34-45-18-3-1-2-4-18)27(40)33-25-21-14-44-22(26(29(42)43)37(21)28(25)41)16-46-19-7-9-35(10-8-19)13-23(39)36-11-5-17(38)6-12-36;1-5(2,3)4/h7-10,15,17-18,21,25,38H,1-6,11-14,16H2,(H3-,31,32,33,40,42,43);(H2,1,2,3,4)/b34-24-;/t21-,25+;/m1./s1. The molecule has 282 valence electrons. The van der Waals surface area contributed by atoms with Gasteiger partial charge in [0.2, 0.25) is 16.9 Å². The Hall–Kier alpha value is -4.35. The highest BCUT2D eigenvalue weighted by Gasteiger charge is 2.55. The number of β-lactam (4-membered cyclic amide) rings is 1. The smallest absolute Gasteiger partial charge is 0.356 e. The number of pyridine rings is 1. The Morgan fingerprint density at radius 1 is 1.19 bits per heavy atom. The van der Waals surface area contributed by atoms with Gasteiger partial charge in [0, 0.05) is 35.5 Å². The maximum atomic E-state index is 13.3. The largest absolute Gasteiger partial charge is 0.726 e. The number of aliphatic hydroxyl groups excluding tert-OH is 1. The number of aliphatic hydroxyl groups is 1. The summed E-state index contributed by atoms with van der Waals surface area (Å²) in [6.07, 6.45) is 7.92. The number of nitrogen functional groups attached to an aromatic ring is 1. The number of piperidine rings is 1. The van der Waals surface area contributed by atoms with Gasteiger partial charge in [0.25, 0.3) is 17.7 Å². The van der Waals surface area contributed by atoms with Crippen molar-refractivity contribution in [2.24, 2.45) is 5.16 Å². The van der Waals surface area contributed by atoms with E-state index < -0.39 is 40.3 Å². The van der Waals surface area contributed by atoms with Crippen molar-refractivity contribution < 1.29 is 61.1 Å². The lowest BCUT2D eigenvalue weighted by Crippen LogP contribution is -2.73. The maximum absolute atomic E-state index is 13.3. The van der Waals surface area contributed by atoms with Crippen molar-refractivity contribution in [3.8, 4) is 0 Å². The van der Waals surface area contributed by atoms with Gasteiger partial charge >= 0.3 is 5.97 Å². The minimum atomic E-state index is -4.92. The number of oxime groups is 1. The van der Waals surface area contributed by atoms with E-state index in [4.69, 9.17) is 32.8 Å². The van der Waals surface area contributed by atoms with E-state index in [-0.39, 0.29) is 65.0 Å². The first kappa shape index (κ1) is 38.9. The van der Waals surface area contributed by atoms with Crippen LogP contribution in [0.4, 0.5) is 5.13 Å². The molecule has 3 amide bonds. The number of likely N-dealkylation sites (tertiary alicyclic amines) is 1. The molecule has 3 fully saturated rings. The van der Waals surface area contributed by atoms with Gasteiger partial charge in [-0.15, -0.1) is 23.1 Å². The van der Waals surface area contributed by atoms with Gasteiger partial charge in [0.05, 0.1) is 11.9 Å². The number of hydrogen-bond donors (Lipinski definition) is 5. The molecule has 3 aliphatic heterocycles. The summed E-state index contributed by atoms with van der Waals surface area (Å²) in [6.45, 7) is 1.24. The van der Waals surface area contributed by atoms with Crippen LogP contribution in [0.5, 0.6) is 0 Å². The normalized spacial score (nSPS) is 21.1. The van der Waals surface area contributed by atoms with Gasteiger partial charge in [-0.1, -0.05) is 5.16 Å². The fraction of sp³-hybridized carbons (Fsp3) is 0.500. The average molecular weight is 784 g/mol. The molecule has 1 aliphatic carbocycles. The van der Waals surface area contributed by atoms with Gasteiger partial charge in [-0.25, -0.2) is 18.2 Å². The van der Waals surface area contributed by atoms with Crippen LogP contribution in [0, 0.1) is 0 Å². The summed E-state index contributed by atoms with van der Waals surface area (Å²) in [7, 11) is -4.92. The first-order chi connectivity index (χ1) is 24.7. The number of carbonyl (C=O) groups excluding carboxylic acids is 3. The molecule has 5 heterocycles. The van der Waals surface area contributed by atoms with Crippen molar-refractivity contribution in [2.75, 3.05) is 31.2 Å². The van der Waals surface area contributed by atoms with Crippen LogP contribution in [-0.4, -0.2) is 122 Å². The summed E-state index contributed by atoms with van der Waals surface area (Å²) >= 11 is 2.47. The number of aliphatic carboxylic acids is 1. The number of nitrogens with one attached hydrogen (secondary N) is 1. The highest BCUT2D eigenvalue weighted by Crippen LogP contribution is 2.35. The molecule has 52 heavy (non-hydrogen) atoms. The van der Waals surface area contributed by atoms with Crippen molar-refractivity contribution >= 4 is 68.0 Å². The van der Waals surface area contributed by atoms with E-state index >= 15 is 0 Å². The third kappa shape index (κ3) is 10.2. The van der Waals surface area contributed by atoms with Crippen LogP contribution in [0.3, 0.4) is 0 Å². The van der Waals surface area contributed by atoms with Crippen molar-refractivity contribution in [3.63, 3.8) is 0 Å². The number of amides is 3. The SMILES string of the molecule is Nc1nc(/C(=N/OC2CCCC2)C(=O)N[C@@H]2C(=O)N3C(C(=O)O)=C(CSc4cc[n+](CC(=O)N5CCC(O)CC5)cc4)OC[C@H]23)cs1.O=S(=O)([O-])O. The van der Waals surface area contributed by atoms with Gasteiger partial charge in [-0.2, -0.15) is 4.57 Å². The minimum absolute atomic E-state index is 0.0114. The zero-order chi connectivity index (χ0) is 37.6. The number of carboxylic acids is 1. The second kappa shape index (κ2) is 17.0. The average Bonchev–Trinajstić information content (AvgIpc) is 3.78. The summed E-state index contributed by atoms with van der Waals surface area (Å²) in [5, 5.41) is 28.3. The number of nitrogens with two attached hydrogens (primary N) is 1. The molecular weight excluding hydrogens is 747 g/mol. The van der Waals surface area contributed by atoms with Gasteiger partial charge < -0.3 is 40.3 Å². The maximum Gasteiger partial charge on any atom is 0.356 e. The number of aromatic nitrogens is 2. The topological polar surface area (TPSA) is 278 Å². The van der Waals surface area contributed by atoms with Crippen LogP contribution in [0.25, 0.3) is 0 Å². The molecule has 4 aliphatic rings. The predicted octanol–water partition coefficient (Wildman–Crippen LogP) is -0.522. The zero-order valence-corrected chi connectivity index (χ0v) is 30.0. The number of anilines is 1. The lowest BCUT2D eigenvalue weighted by atomic mass is 9.92. The molecule has 0 unspecified atom stereocenters. The van der Waals surface area contributed by atoms with Crippen LogP contribution in [0.1, 0.15) is 44.2 Å². The van der Waals surface area contributed by atoms with Crippen LogP contribution in [0.15, 0.2) is 51.4 Å². The molecule has 2 atom stereocenters. The third-order valence-electron chi connectivity index (χ3n) is 8.58. The van der Waals surface area contributed by atoms with E-state index in [0.717, 1.165) is 46.8 Å². The Kier molecular flexibility index (Phi) is 12.7. The van der Waals surface area contributed by atoms with E-state index in [0.29, 0.717) is 25.9 Å². The Labute approximate surface area is 306 Å². The predicted molar refractivity (Wildman–Crippen MR) is 181 cm³/mol. The summed E-state index contributed by atoms with van der Waals surface area (Å²) in [5.74, 6) is -2.31. The lowest BCUT2D eigenvalue weighted by molar-refractivity contribution is -0.685. The van der Waals surface area contributed by atoms with Crippen LogP contribution in [-0.2, 0) is 45.7 Å². The number of carbonyl (C=O) groups is 4. The number of nitrogens with zero attached hydrogens (tertiary/aromatic N) is 5. The highest BCUT2D eigenvalue weighted by molar-refractivity contribution is 7.99. The quantitative estimate of drug-likeness (QED) is 0.0365. The van der Waals surface area contributed by atoms with E-state index in [9.17, 15) is 29.4 Å². The molecule has 1 saturated carbocycles. The summed E-state index contributed by atoms with van der Waals surface area (Å²) in [5.41, 5.74) is 5.62. The molecular formula is C30H37N7O12S3. The van der Waals surface area contributed by atoms with E-state index in [1.807, 2.05) is 12.1 Å². The van der Waals surface area contributed by atoms with E-state index in [1.165, 1.54) is 11.8 Å². The van der Waals surface area contributed by atoms with Crippen LogP contribution >= 0.6 is 23.1 Å². The zero-order valence-electron chi connectivity index (χ0n) is 27.5. The van der Waals surface area contributed by atoms with Crippen LogP contribution < -0.4 is 15.6 Å². The molecule has 0 bridgehead atoms. The number of fused-ring (bicyclic) bond motifs is 1. The Balaban J connectivity index is 0.000000979. The van der Waals surface area contributed by atoms with Gasteiger partial charge in [-0.3, -0.25) is 23.8 Å². The molecule has 0 spiro atoms. The molecule has 0 aromatic carbocycles. The third-order valence-corrected chi connectivity index (χ3v) is 10.3.